The molecular formula is C22H24N4O. The number of anilines is 3. The average molecular weight is 360 g/mol. The second-order valence-corrected chi connectivity index (χ2v) is 6.87. The number of para-hydroxylation sites is 2. The zero-order valence-corrected chi connectivity index (χ0v) is 16.1. The summed E-state index contributed by atoms with van der Waals surface area (Å²) in [7, 11) is 0. The lowest BCUT2D eigenvalue weighted by atomic mass is 10.0. The molecule has 1 heterocycles. The highest BCUT2D eigenvalue weighted by atomic mass is 16.1. The minimum atomic E-state index is -0.269. The van der Waals surface area contributed by atoms with Crippen molar-refractivity contribution in [2.45, 2.75) is 33.6 Å². The van der Waals surface area contributed by atoms with Crippen molar-refractivity contribution in [2.24, 2.45) is 0 Å². The Morgan fingerprint density at radius 3 is 2.26 bits per heavy atom. The number of aromatic nitrogens is 2. The molecule has 0 saturated heterocycles. The fourth-order valence-electron chi connectivity index (χ4n) is 2.95. The van der Waals surface area contributed by atoms with Crippen LogP contribution in [0.2, 0.25) is 0 Å². The molecule has 0 aliphatic rings. The van der Waals surface area contributed by atoms with Crippen molar-refractivity contribution in [1.82, 2.24) is 9.97 Å². The Kier molecular flexibility index (Phi) is 5.50. The molecule has 0 radical (unpaired) electrons. The predicted molar refractivity (Wildman–Crippen MR) is 110 cm³/mol. The van der Waals surface area contributed by atoms with Gasteiger partial charge < -0.3 is 10.6 Å². The van der Waals surface area contributed by atoms with E-state index in [4.69, 9.17) is 0 Å². The number of hydrogen-bond donors (Lipinski definition) is 2. The maximum atomic E-state index is 12.5. The maximum Gasteiger partial charge on any atom is 0.275 e. The quantitative estimate of drug-likeness (QED) is 0.655. The van der Waals surface area contributed by atoms with Gasteiger partial charge in [0.05, 0.1) is 12.4 Å². The first-order chi connectivity index (χ1) is 13.0. The van der Waals surface area contributed by atoms with Crippen molar-refractivity contribution < 1.29 is 4.79 Å². The Balaban J connectivity index is 1.75. The number of carbonyl (C=O) groups is 1. The van der Waals surface area contributed by atoms with Crippen molar-refractivity contribution in [3.05, 3.63) is 77.2 Å². The van der Waals surface area contributed by atoms with Crippen LogP contribution in [0.3, 0.4) is 0 Å². The molecule has 0 aliphatic carbocycles. The molecule has 3 aromatic rings. The minimum absolute atomic E-state index is 0.269. The Morgan fingerprint density at radius 1 is 0.926 bits per heavy atom. The highest BCUT2D eigenvalue weighted by Gasteiger charge is 2.12. The van der Waals surface area contributed by atoms with Crippen LogP contribution < -0.4 is 10.6 Å². The molecule has 27 heavy (non-hydrogen) atoms. The Hall–Kier alpha value is -3.21. The number of nitrogens with one attached hydrogen (secondary N) is 2. The molecule has 0 unspecified atom stereocenters. The van der Waals surface area contributed by atoms with Crippen molar-refractivity contribution >= 4 is 23.1 Å². The summed E-state index contributed by atoms with van der Waals surface area (Å²) >= 11 is 0. The summed E-state index contributed by atoms with van der Waals surface area (Å²) < 4.78 is 0. The average Bonchev–Trinajstić information content (AvgIpc) is 2.65. The fourth-order valence-corrected chi connectivity index (χ4v) is 2.95. The maximum absolute atomic E-state index is 12.5. The van der Waals surface area contributed by atoms with E-state index in [1.54, 1.807) is 6.20 Å². The van der Waals surface area contributed by atoms with Gasteiger partial charge in [-0.2, -0.15) is 0 Å². The SMILES string of the molecule is Cc1cccc(C)c1NC(=O)c1cnc(Nc2ccccc2C(C)C)cn1. The van der Waals surface area contributed by atoms with E-state index < -0.39 is 0 Å². The van der Waals surface area contributed by atoms with Crippen molar-refractivity contribution in [1.29, 1.82) is 0 Å². The lowest BCUT2D eigenvalue weighted by Crippen LogP contribution is -2.16. The number of amides is 1. The second kappa shape index (κ2) is 7.99. The molecule has 0 atom stereocenters. The van der Waals surface area contributed by atoms with Gasteiger partial charge in [0.15, 0.2) is 0 Å². The van der Waals surface area contributed by atoms with Crippen LogP contribution in [-0.2, 0) is 0 Å². The van der Waals surface area contributed by atoms with E-state index in [9.17, 15) is 4.79 Å². The Bertz CT molecular complexity index is 929. The summed E-state index contributed by atoms with van der Waals surface area (Å²) in [4.78, 5) is 21.1. The first-order valence-electron chi connectivity index (χ1n) is 9.01. The zero-order valence-electron chi connectivity index (χ0n) is 16.1. The topological polar surface area (TPSA) is 66.9 Å². The summed E-state index contributed by atoms with van der Waals surface area (Å²) in [5, 5.41) is 6.21. The van der Waals surface area contributed by atoms with Gasteiger partial charge in [0.2, 0.25) is 0 Å². The molecular weight excluding hydrogens is 336 g/mol. The van der Waals surface area contributed by atoms with Crippen LogP contribution >= 0.6 is 0 Å². The molecule has 5 heteroatoms. The number of carbonyl (C=O) groups excluding carboxylic acids is 1. The summed E-state index contributed by atoms with van der Waals surface area (Å²) in [6.07, 6.45) is 3.07. The van der Waals surface area contributed by atoms with E-state index in [0.29, 0.717) is 11.7 Å². The molecule has 138 valence electrons. The zero-order chi connectivity index (χ0) is 19.4. The number of benzene rings is 2. The molecule has 0 bridgehead atoms. The first kappa shape index (κ1) is 18.6. The third kappa shape index (κ3) is 4.31. The number of hydrogen-bond acceptors (Lipinski definition) is 4. The van der Waals surface area contributed by atoms with E-state index in [0.717, 1.165) is 22.5 Å². The van der Waals surface area contributed by atoms with Crippen LogP contribution in [-0.4, -0.2) is 15.9 Å². The van der Waals surface area contributed by atoms with Gasteiger partial charge in [0.25, 0.3) is 5.91 Å². The van der Waals surface area contributed by atoms with Crippen molar-refractivity contribution in [2.75, 3.05) is 10.6 Å². The molecule has 1 amide bonds. The third-order valence-corrected chi connectivity index (χ3v) is 4.45. The standard InChI is InChI=1S/C22H24N4O/c1-14(2)17-10-5-6-11-18(17)25-20-13-23-19(12-24-20)22(27)26-21-15(3)8-7-9-16(21)4/h5-14H,1-4H3,(H,24,25)(H,26,27). The molecule has 0 saturated carbocycles. The van der Waals surface area contributed by atoms with Crippen LogP contribution in [0.1, 0.15) is 46.9 Å². The highest BCUT2D eigenvalue weighted by molar-refractivity contribution is 6.03. The lowest BCUT2D eigenvalue weighted by Gasteiger charge is -2.14. The van der Waals surface area contributed by atoms with E-state index in [2.05, 4.69) is 40.5 Å². The summed E-state index contributed by atoms with van der Waals surface area (Å²) in [5.41, 5.74) is 5.32. The molecule has 2 N–H and O–H groups in total. The summed E-state index contributed by atoms with van der Waals surface area (Å²) in [6.45, 7) is 8.22. The van der Waals surface area contributed by atoms with Gasteiger partial charge in [-0.15, -0.1) is 0 Å². The summed E-state index contributed by atoms with van der Waals surface area (Å²) in [6, 6.07) is 14.0. The molecule has 1 aromatic heterocycles. The summed E-state index contributed by atoms with van der Waals surface area (Å²) in [5.74, 6) is 0.727. The monoisotopic (exact) mass is 360 g/mol. The van der Waals surface area contributed by atoms with Gasteiger partial charge in [-0.1, -0.05) is 50.2 Å². The molecule has 0 aliphatic heterocycles. The van der Waals surface area contributed by atoms with Gasteiger partial charge in [0.1, 0.15) is 11.5 Å². The van der Waals surface area contributed by atoms with E-state index in [-0.39, 0.29) is 11.6 Å². The van der Waals surface area contributed by atoms with E-state index in [1.807, 2.05) is 50.2 Å². The van der Waals surface area contributed by atoms with Gasteiger partial charge in [-0.05, 0) is 42.5 Å². The lowest BCUT2D eigenvalue weighted by molar-refractivity contribution is 0.102. The second-order valence-electron chi connectivity index (χ2n) is 6.87. The van der Waals surface area contributed by atoms with Gasteiger partial charge in [0, 0.05) is 11.4 Å². The predicted octanol–water partition coefficient (Wildman–Crippen LogP) is 5.21. The van der Waals surface area contributed by atoms with Crippen LogP contribution in [0.15, 0.2) is 54.9 Å². The Morgan fingerprint density at radius 2 is 1.63 bits per heavy atom. The number of aryl methyl sites for hydroxylation is 2. The Labute approximate surface area is 159 Å². The largest absolute Gasteiger partial charge is 0.339 e. The van der Waals surface area contributed by atoms with Crippen LogP contribution in [0.4, 0.5) is 17.2 Å². The highest BCUT2D eigenvalue weighted by Crippen LogP contribution is 2.26. The molecule has 2 aromatic carbocycles. The third-order valence-electron chi connectivity index (χ3n) is 4.45. The van der Waals surface area contributed by atoms with Crippen LogP contribution in [0.5, 0.6) is 0 Å². The van der Waals surface area contributed by atoms with Crippen LogP contribution in [0.25, 0.3) is 0 Å². The minimum Gasteiger partial charge on any atom is -0.339 e. The smallest absolute Gasteiger partial charge is 0.275 e. The van der Waals surface area contributed by atoms with Gasteiger partial charge in [-0.3, -0.25) is 4.79 Å². The molecule has 5 nitrogen and oxygen atoms in total. The van der Waals surface area contributed by atoms with Gasteiger partial charge >= 0.3 is 0 Å². The molecule has 0 spiro atoms. The molecule has 3 rings (SSSR count). The van der Waals surface area contributed by atoms with E-state index in [1.165, 1.54) is 11.8 Å². The first-order valence-corrected chi connectivity index (χ1v) is 9.01. The number of rotatable bonds is 5. The fraction of sp³-hybridized carbons (Fsp3) is 0.227. The van der Waals surface area contributed by atoms with Crippen molar-refractivity contribution in [3.63, 3.8) is 0 Å². The van der Waals surface area contributed by atoms with E-state index >= 15 is 0 Å². The molecule has 0 fully saturated rings. The number of nitrogens with zero attached hydrogens (tertiary/aromatic N) is 2. The normalized spacial score (nSPS) is 10.7. The van der Waals surface area contributed by atoms with Crippen molar-refractivity contribution in [3.8, 4) is 0 Å². The van der Waals surface area contributed by atoms with Crippen LogP contribution in [0, 0.1) is 13.8 Å². The van der Waals surface area contributed by atoms with Gasteiger partial charge in [-0.25, -0.2) is 9.97 Å².